The first-order chi connectivity index (χ1) is 8.47. The second kappa shape index (κ2) is 4.60. The summed E-state index contributed by atoms with van der Waals surface area (Å²) >= 11 is 0. The Morgan fingerprint density at radius 3 is 2.44 bits per heavy atom. The molecule has 1 aromatic carbocycles. The minimum absolute atomic E-state index is 0.0646. The van der Waals surface area contributed by atoms with Crippen molar-refractivity contribution < 1.29 is 13.6 Å². The molecule has 0 saturated carbocycles. The van der Waals surface area contributed by atoms with Gasteiger partial charge in [-0.05, 0) is 31.2 Å². The van der Waals surface area contributed by atoms with Crippen LogP contribution in [0.1, 0.15) is 23.2 Å². The summed E-state index contributed by atoms with van der Waals surface area (Å²) in [6.07, 6.45) is 0. The lowest BCUT2D eigenvalue weighted by Gasteiger charge is -2.04. The minimum Gasteiger partial charge on any atom is -0.291 e. The molecule has 0 fully saturated rings. The summed E-state index contributed by atoms with van der Waals surface area (Å²) in [6.45, 7) is 3.06. The summed E-state index contributed by atoms with van der Waals surface area (Å²) in [4.78, 5) is 19.2. The van der Waals surface area contributed by atoms with Crippen molar-refractivity contribution in [2.24, 2.45) is 0 Å². The molecular formula is C13H10F2N2O. The molecule has 0 spiro atoms. The molecule has 3 nitrogen and oxygen atoms in total. The highest BCUT2D eigenvalue weighted by atomic mass is 19.2. The van der Waals surface area contributed by atoms with Gasteiger partial charge in [0, 0.05) is 18.2 Å². The van der Waals surface area contributed by atoms with E-state index >= 15 is 0 Å². The fourth-order valence-electron chi connectivity index (χ4n) is 1.53. The van der Waals surface area contributed by atoms with Gasteiger partial charge in [-0.25, -0.2) is 18.7 Å². The Balaban J connectivity index is 2.56. The Bertz CT molecular complexity index is 626. The molecule has 2 rings (SSSR count). The third-order valence-electron chi connectivity index (χ3n) is 2.38. The fraction of sp³-hybridized carbons (Fsp3) is 0.154. The summed E-state index contributed by atoms with van der Waals surface area (Å²) < 4.78 is 26.0. The average Bonchev–Trinajstić information content (AvgIpc) is 2.31. The molecule has 2 aromatic rings. The highest BCUT2D eigenvalue weighted by molar-refractivity contribution is 5.90. The third-order valence-corrected chi connectivity index (χ3v) is 2.38. The van der Waals surface area contributed by atoms with Gasteiger partial charge < -0.3 is 0 Å². The quantitative estimate of drug-likeness (QED) is 0.767. The van der Waals surface area contributed by atoms with Crippen molar-refractivity contribution in [1.29, 1.82) is 0 Å². The number of Topliss-reactive ketones (excluding diaryl/α,β-unsaturated/α-hetero) is 1. The molecule has 1 heterocycles. The van der Waals surface area contributed by atoms with Crippen LogP contribution in [0.3, 0.4) is 0 Å². The largest absolute Gasteiger partial charge is 0.291 e. The maximum absolute atomic E-state index is 13.1. The van der Waals surface area contributed by atoms with E-state index in [0.29, 0.717) is 17.0 Å². The molecule has 0 aliphatic rings. The van der Waals surface area contributed by atoms with Crippen LogP contribution < -0.4 is 0 Å². The van der Waals surface area contributed by atoms with E-state index in [0.717, 1.165) is 12.1 Å². The topological polar surface area (TPSA) is 42.9 Å². The molecule has 0 saturated heterocycles. The standard InChI is InChI=1S/C13H10F2N2O/c1-7-5-12(17-13(16-7)8(2)18)9-3-4-10(14)11(15)6-9/h3-6H,1-2H3. The summed E-state index contributed by atoms with van der Waals surface area (Å²) in [5, 5.41) is 0. The van der Waals surface area contributed by atoms with E-state index in [9.17, 15) is 13.6 Å². The third kappa shape index (κ3) is 2.40. The van der Waals surface area contributed by atoms with Crippen molar-refractivity contribution in [3.8, 4) is 11.3 Å². The van der Waals surface area contributed by atoms with Crippen LogP contribution >= 0.6 is 0 Å². The van der Waals surface area contributed by atoms with Crippen molar-refractivity contribution in [2.45, 2.75) is 13.8 Å². The number of nitrogens with zero attached hydrogens (tertiary/aromatic N) is 2. The molecule has 0 aliphatic carbocycles. The lowest BCUT2D eigenvalue weighted by atomic mass is 10.1. The van der Waals surface area contributed by atoms with Gasteiger partial charge >= 0.3 is 0 Å². The maximum Gasteiger partial charge on any atom is 0.196 e. The smallest absolute Gasteiger partial charge is 0.196 e. The number of ketones is 1. The summed E-state index contributed by atoms with van der Waals surface area (Å²) in [6, 6.07) is 5.08. The Hall–Kier alpha value is -2.17. The zero-order valence-electron chi connectivity index (χ0n) is 9.87. The van der Waals surface area contributed by atoms with Crippen molar-refractivity contribution in [3.63, 3.8) is 0 Å². The minimum atomic E-state index is -0.951. The highest BCUT2D eigenvalue weighted by Crippen LogP contribution is 2.20. The molecule has 0 radical (unpaired) electrons. The molecule has 5 heteroatoms. The van der Waals surface area contributed by atoms with E-state index in [1.165, 1.54) is 13.0 Å². The van der Waals surface area contributed by atoms with Crippen molar-refractivity contribution in [2.75, 3.05) is 0 Å². The highest BCUT2D eigenvalue weighted by Gasteiger charge is 2.10. The lowest BCUT2D eigenvalue weighted by Crippen LogP contribution is -2.04. The van der Waals surface area contributed by atoms with Gasteiger partial charge in [0.25, 0.3) is 0 Å². The zero-order valence-corrected chi connectivity index (χ0v) is 9.87. The van der Waals surface area contributed by atoms with Crippen LogP contribution in [0, 0.1) is 18.6 Å². The fourth-order valence-corrected chi connectivity index (χ4v) is 1.53. The number of carbonyl (C=O) groups is 1. The number of halogens is 2. The Labute approximate surface area is 103 Å². The Kier molecular flexibility index (Phi) is 3.14. The second-order valence-corrected chi connectivity index (χ2v) is 3.90. The normalized spacial score (nSPS) is 10.4. The van der Waals surface area contributed by atoms with E-state index in [1.54, 1.807) is 13.0 Å². The molecule has 0 N–H and O–H groups in total. The number of hydrogen-bond donors (Lipinski definition) is 0. The van der Waals surface area contributed by atoms with E-state index in [1.807, 2.05) is 0 Å². The van der Waals surface area contributed by atoms with Crippen molar-refractivity contribution in [1.82, 2.24) is 9.97 Å². The summed E-state index contributed by atoms with van der Waals surface area (Å²) in [5.74, 6) is -2.08. The average molecular weight is 248 g/mol. The predicted molar refractivity (Wildman–Crippen MR) is 62.1 cm³/mol. The number of benzene rings is 1. The van der Waals surface area contributed by atoms with Gasteiger partial charge in [0.15, 0.2) is 23.2 Å². The van der Waals surface area contributed by atoms with Crippen LogP contribution in [0.2, 0.25) is 0 Å². The predicted octanol–water partition coefficient (Wildman–Crippen LogP) is 2.93. The van der Waals surface area contributed by atoms with Gasteiger partial charge in [-0.2, -0.15) is 0 Å². The van der Waals surface area contributed by atoms with Gasteiger partial charge in [0.2, 0.25) is 0 Å². The molecule has 18 heavy (non-hydrogen) atoms. The van der Waals surface area contributed by atoms with Gasteiger partial charge in [-0.1, -0.05) is 0 Å². The lowest BCUT2D eigenvalue weighted by molar-refractivity contribution is 0.100. The van der Waals surface area contributed by atoms with Crippen LogP contribution in [0.15, 0.2) is 24.3 Å². The Morgan fingerprint density at radius 2 is 1.83 bits per heavy atom. The first-order valence-electron chi connectivity index (χ1n) is 5.29. The molecule has 0 atom stereocenters. The summed E-state index contributed by atoms with van der Waals surface area (Å²) in [7, 11) is 0. The van der Waals surface area contributed by atoms with E-state index in [-0.39, 0.29) is 11.6 Å². The monoisotopic (exact) mass is 248 g/mol. The number of carbonyl (C=O) groups excluding carboxylic acids is 1. The van der Waals surface area contributed by atoms with Crippen LogP contribution in [0.5, 0.6) is 0 Å². The molecular weight excluding hydrogens is 238 g/mol. The number of aryl methyl sites for hydroxylation is 1. The van der Waals surface area contributed by atoms with Gasteiger partial charge in [0.1, 0.15) is 0 Å². The van der Waals surface area contributed by atoms with Gasteiger partial charge in [-0.3, -0.25) is 4.79 Å². The van der Waals surface area contributed by atoms with Crippen molar-refractivity contribution in [3.05, 3.63) is 47.4 Å². The first kappa shape index (κ1) is 12.3. The van der Waals surface area contributed by atoms with Gasteiger partial charge in [-0.15, -0.1) is 0 Å². The molecule has 1 aromatic heterocycles. The molecule has 0 bridgehead atoms. The van der Waals surface area contributed by atoms with Crippen molar-refractivity contribution >= 4 is 5.78 Å². The number of rotatable bonds is 2. The maximum atomic E-state index is 13.1. The van der Waals surface area contributed by atoms with E-state index < -0.39 is 11.6 Å². The van der Waals surface area contributed by atoms with E-state index in [2.05, 4.69) is 9.97 Å². The molecule has 0 amide bonds. The number of hydrogen-bond acceptors (Lipinski definition) is 3. The molecule has 0 unspecified atom stereocenters. The Morgan fingerprint density at radius 1 is 1.11 bits per heavy atom. The van der Waals surface area contributed by atoms with Crippen LogP contribution in [0.25, 0.3) is 11.3 Å². The first-order valence-corrected chi connectivity index (χ1v) is 5.29. The zero-order chi connectivity index (χ0) is 13.3. The molecule has 0 aliphatic heterocycles. The van der Waals surface area contributed by atoms with E-state index in [4.69, 9.17) is 0 Å². The second-order valence-electron chi connectivity index (χ2n) is 3.90. The van der Waals surface area contributed by atoms with Gasteiger partial charge in [0.05, 0.1) is 5.69 Å². The summed E-state index contributed by atoms with van der Waals surface area (Å²) in [5.41, 5.74) is 1.39. The molecule has 92 valence electrons. The number of aromatic nitrogens is 2. The van der Waals surface area contributed by atoms with Crippen LogP contribution in [0.4, 0.5) is 8.78 Å². The van der Waals surface area contributed by atoms with Crippen LogP contribution in [-0.2, 0) is 0 Å². The van der Waals surface area contributed by atoms with Crippen LogP contribution in [-0.4, -0.2) is 15.8 Å². The SMILES string of the molecule is CC(=O)c1nc(C)cc(-c2ccc(F)c(F)c2)n1.